The van der Waals surface area contributed by atoms with Gasteiger partial charge in [0.25, 0.3) is 0 Å². The molecule has 1 aromatic carbocycles. The van der Waals surface area contributed by atoms with E-state index in [2.05, 4.69) is 72.5 Å². The average Bonchev–Trinajstić information content (AvgIpc) is 2.81. The van der Waals surface area contributed by atoms with Gasteiger partial charge in [-0.3, -0.25) is 0 Å². The van der Waals surface area contributed by atoms with Gasteiger partial charge < -0.3 is 9.88 Å². The standard InChI is InChI=1S/C16H22N2/c1-14(15-7-4-3-5-8-15)10-11-17-13-16-9-6-12-18(16)2/h3-9,12,14,17H,10-11,13H2,1-2H3. The monoisotopic (exact) mass is 242 g/mol. The molecule has 0 saturated carbocycles. The van der Waals surface area contributed by atoms with Crippen LogP contribution in [-0.2, 0) is 13.6 Å². The van der Waals surface area contributed by atoms with Gasteiger partial charge in [-0.1, -0.05) is 37.3 Å². The van der Waals surface area contributed by atoms with Crippen molar-refractivity contribution in [2.24, 2.45) is 7.05 Å². The fraction of sp³-hybridized carbons (Fsp3) is 0.375. The van der Waals surface area contributed by atoms with Gasteiger partial charge in [0.1, 0.15) is 0 Å². The summed E-state index contributed by atoms with van der Waals surface area (Å²) in [6.07, 6.45) is 3.26. The van der Waals surface area contributed by atoms with E-state index in [4.69, 9.17) is 0 Å². The van der Waals surface area contributed by atoms with Gasteiger partial charge in [-0.25, -0.2) is 0 Å². The van der Waals surface area contributed by atoms with E-state index in [0.29, 0.717) is 5.92 Å². The van der Waals surface area contributed by atoms with Crippen LogP contribution in [0.3, 0.4) is 0 Å². The van der Waals surface area contributed by atoms with Gasteiger partial charge in [0.05, 0.1) is 0 Å². The summed E-state index contributed by atoms with van der Waals surface area (Å²) >= 11 is 0. The molecule has 0 fully saturated rings. The smallest absolute Gasteiger partial charge is 0.0359 e. The van der Waals surface area contributed by atoms with Crippen molar-refractivity contribution in [3.63, 3.8) is 0 Å². The van der Waals surface area contributed by atoms with E-state index in [1.165, 1.54) is 17.7 Å². The molecule has 1 heterocycles. The van der Waals surface area contributed by atoms with Crippen LogP contribution in [0.5, 0.6) is 0 Å². The summed E-state index contributed by atoms with van der Waals surface area (Å²) in [7, 11) is 2.09. The van der Waals surface area contributed by atoms with Crippen molar-refractivity contribution >= 4 is 0 Å². The Hall–Kier alpha value is -1.54. The largest absolute Gasteiger partial charge is 0.353 e. The van der Waals surface area contributed by atoms with Crippen LogP contribution in [0.2, 0.25) is 0 Å². The van der Waals surface area contributed by atoms with Crippen LogP contribution in [-0.4, -0.2) is 11.1 Å². The molecule has 2 rings (SSSR count). The average molecular weight is 242 g/mol. The molecule has 0 radical (unpaired) electrons. The molecule has 0 bridgehead atoms. The molecule has 1 unspecified atom stereocenters. The second-order valence-corrected chi connectivity index (χ2v) is 4.89. The van der Waals surface area contributed by atoms with E-state index in [-0.39, 0.29) is 0 Å². The summed E-state index contributed by atoms with van der Waals surface area (Å²) in [5, 5.41) is 3.51. The highest BCUT2D eigenvalue weighted by Crippen LogP contribution is 2.17. The highest BCUT2D eigenvalue weighted by atomic mass is 15.0. The Bertz CT molecular complexity index is 459. The van der Waals surface area contributed by atoms with Crippen LogP contribution in [0.1, 0.15) is 30.5 Å². The highest BCUT2D eigenvalue weighted by molar-refractivity contribution is 5.18. The van der Waals surface area contributed by atoms with Crippen molar-refractivity contribution in [2.45, 2.75) is 25.8 Å². The minimum Gasteiger partial charge on any atom is -0.353 e. The predicted octanol–water partition coefficient (Wildman–Crippen LogP) is 3.31. The van der Waals surface area contributed by atoms with Gasteiger partial charge in [-0.15, -0.1) is 0 Å². The fourth-order valence-electron chi connectivity index (χ4n) is 2.16. The molecule has 0 aliphatic heterocycles. The summed E-state index contributed by atoms with van der Waals surface area (Å²) in [4.78, 5) is 0. The van der Waals surface area contributed by atoms with Gasteiger partial charge in [-0.05, 0) is 36.6 Å². The van der Waals surface area contributed by atoms with Crippen LogP contribution in [0.25, 0.3) is 0 Å². The zero-order valence-electron chi connectivity index (χ0n) is 11.3. The lowest BCUT2D eigenvalue weighted by atomic mass is 9.98. The fourth-order valence-corrected chi connectivity index (χ4v) is 2.16. The van der Waals surface area contributed by atoms with Crippen molar-refractivity contribution in [3.8, 4) is 0 Å². The second kappa shape index (κ2) is 6.41. The maximum absolute atomic E-state index is 3.51. The maximum Gasteiger partial charge on any atom is 0.0359 e. The first-order chi connectivity index (χ1) is 8.77. The van der Waals surface area contributed by atoms with Crippen LogP contribution < -0.4 is 5.32 Å². The molecule has 0 amide bonds. The number of hydrogen-bond donors (Lipinski definition) is 1. The van der Waals surface area contributed by atoms with Gasteiger partial charge in [-0.2, -0.15) is 0 Å². The first-order valence-electron chi connectivity index (χ1n) is 6.63. The van der Waals surface area contributed by atoms with Crippen molar-refractivity contribution in [2.75, 3.05) is 6.54 Å². The van der Waals surface area contributed by atoms with Crippen LogP contribution in [0, 0.1) is 0 Å². The van der Waals surface area contributed by atoms with E-state index in [1.807, 2.05) is 0 Å². The molecule has 0 aliphatic rings. The molecule has 1 atom stereocenters. The second-order valence-electron chi connectivity index (χ2n) is 4.89. The lowest BCUT2D eigenvalue weighted by Gasteiger charge is -2.12. The molecule has 1 N–H and O–H groups in total. The van der Waals surface area contributed by atoms with E-state index in [1.54, 1.807) is 0 Å². The first kappa shape index (κ1) is 12.9. The van der Waals surface area contributed by atoms with E-state index in [9.17, 15) is 0 Å². The van der Waals surface area contributed by atoms with Gasteiger partial charge in [0, 0.05) is 25.5 Å². The zero-order valence-corrected chi connectivity index (χ0v) is 11.3. The minimum atomic E-state index is 0.618. The molecule has 0 saturated heterocycles. The molecule has 96 valence electrons. The summed E-state index contributed by atoms with van der Waals surface area (Å²) in [6, 6.07) is 15.0. The van der Waals surface area contributed by atoms with Crippen molar-refractivity contribution < 1.29 is 0 Å². The molecule has 18 heavy (non-hydrogen) atoms. The molecule has 1 aromatic heterocycles. The topological polar surface area (TPSA) is 17.0 Å². The van der Waals surface area contributed by atoms with Crippen LogP contribution in [0.15, 0.2) is 48.7 Å². The van der Waals surface area contributed by atoms with E-state index >= 15 is 0 Å². The van der Waals surface area contributed by atoms with E-state index < -0.39 is 0 Å². The Morgan fingerprint density at radius 2 is 1.89 bits per heavy atom. The maximum atomic E-state index is 3.51. The van der Waals surface area contributed by atoms with Crippen molar-refractivity contribution in [3.05, 3.63) is 59.9 Å². The summed E-state index contributed by atoms with van der Waals surface area (Å²) in [6.45, 7) is 4.30. The zero-order chi connectivity index (χ0) is 12.8. The summed E-state index contributed by atoms with van der Waals surface area (Å²) in [5.41, 5.74) is 2.76. The van der Waals surface area contributed by atoms with Crippen molar-refractivity contribution in [1.29, 1.82) is 0 Å². The number of aryl methyl sites for hydroxylation is 1. The van der Waals surface area contributed by atoms with E-state index in [0.717, 1.165) is 13.1 Å². The molecular weight excluding hydrogens is 220 g/mol. The highest BCUT2D eigenvalue weighted by Gasteiger charge is 2.04. The molecule has 2 heteroatoms. The molecule has 0 spiro atoms. The number of hydrogen-bond acceptors (Lipinski definition) is 1. The molecule has 2 aromatic rings. The summed E-state index contributed by atoms with van der Waals surface area (Å²) < 4.78 is 2.16. The number of aromatic nitrogens is 1. The number of rotatable bonds is 6. The van der Waals surface area contributed by atoms with Gasteiger partial charge >= 0.3 is 0 Å². The quantitative estimate of drug-likeness (QED) is 0.769. The third-order valence-corrected chi connectivity index (χ3v) is 3.48. The third-order valence-electron chi connectivity index (χ3n) is 3.48. The van der Waals surface area contributed by atoms with Gasteiger partial charge in [0.2, 0.25) is 0 Å². The molecular formula is C16H22N2. The Kier molecular flexibility index (Phi) is 4.59. The Morgan fingerprint density at radius 3 is 2.56 bits per heavy atom. The first-order valence-corrected chi connectivity index (χ1v) is 6.63. The Morgan fingerprint density at radius 1 is 1.11 bits per heavy atom. The number of nitrogens with zero attached hydrogens (tertiary/aromatic N) is 1. The van der Waals surface area contributed by atoms with Crippen LogP contribution in [0.4, 0.5) is 0 Å². The molecule has 2 nitrogen and oxygen atoms in total. The van der Waals surface area contributed by atoms with Gasteiger partial charge in [0.15, 0.2) is 0 Å². The molecule has 0 aliphatic carbocycles. The lowest BCUT2D eigenvalue weighted by Crippen LogP contribution is -2.18. The summed E-state index contributed by atoms with van der Waals surface area (Å²) in [5.74, 6) is 0.618. The normalized spacial score (nSPS) is 12.6. The van der Waals surface area contributed by atoms with Crippen LogP contribution >= 0.6 is 0 Å². The predicted molar refractivity (Wildman–Crippen MR) is 76.6 cm³/mol. The van der Waals surface area contributed by atoms with Crippen molar-refractivity contribution in [1.82, 2.24) is 9.88 Å². The minimum absolute atomic E-state index is 0.618. The Balaban J connectivity index is 1.71. The number of nitrogens with one attached hydrogen (secondary N) is 1. The third kappa shape index (κ3) is 3.47. The lowest BCUT2D eigenvalue weighted by molar-refractivity contribution is 0.582. The Labute approximate surface area is 110 Å². The SMILES string of the molecule is CC(CCNCc1cccn1C)c1ccccc1. The number of benzene rings is 1.